The van der Waals surface area contributed by atoms with Crippen LogP contribution in [-0.4, -0.2) is 96.6 Å². The fourth-order valence-electron chi connectivity index (χ4n) is 6.91. The number of nitrogen functional groups attached to an aromatic ring is 1. The van der Waals surface area contributed by atoms with Gasteiger partial charge in [0.15, 0.2) is 44.3 Å². The van der Waals surface area contributed by atoms with Crippen LogP contribution in [0.4, 0.5) is 23.0 Å². The van der Waals surface area contributed by atoms with E-state index in [1.165, 1.54) is 17.3 Å². The van der Waals surface area contributed by atoms with Gasteiger partial charge in [0.2, 0.25) is 0 Å². The topological polar surface area (TPSA) is 181 Å². The lowest BCUT2D eigenvalue weighted by Crippen LogP contribution is -2.37. The van der Waals surface area contributed by atoms with E-state index in [1.807, 2.05) is 37.7 Å². The number of hydrogen-bond acceptors (Lipinski definition) is 15. The third-order valence-corrected chi connectivity index (χ3v) is 12.2. The van der Waals surface area contributed by atoms with Crippen molar-refractivity contribution in [2.75, 3.05) is 68.1 Å². The van der Waals surface area contributed by atoms with Gasteiger partial charge in [-0.05, 0) is 36.6 Å². The van der Waals surface area contributed by atoms with Crippen LogP contribution in [0.3, 0.4) is 0 Å². The molecule has 18 heteroatoms. The number of nitro groups is 1. The number of fused-ring (bicyclic) bond motifs is 2. The molecule has 2 N–H and O–H groups in total. The number of morpholine rings is 2. The van der Waals surface area contributed by atoms with Crippen molar-refractivity contribution in [2.24, 2.45) is 14.1 Å². The van der Waals surface area contributed by atoms with Crippen LogP contribution in [0.2, 0.25) is 0 Å². The second-order valence-electron chi connectivity index (χ2n) is 14.2. The van der Waals surface area contributed by atoms with E-state index < -0.39 is 0 Å². The van der Waals surface area contributed by atoms with Crippen LogP contribution in [-0.2, 0) is 47.9 Å². The van der Waals surface area contributed by atoms with Crippen LogP contribution in [0.5, 0.6) is 0 Å². The maximum absolute atomic E-state index is 11.2. The number of anilines is 3. The Hall–Kier alpha value is -5.04. The van der Waals surface area contributed by atoms with Gasteiger partial charge in [-0.1, -0.05) is 61.6 Å². The summed E-state index contributed by atoms with van der Waals surface area (Å²) in [6, 6.07) is 11.5. The number of benzene rings is 2. The van der Waals surface area contributed by atoms with Gasteiger partial charge in [-0.2, -0.15) is 0 Å². The molecular formula is C40H52N12O4S2. The van der Waals surface area contributed by atoms with E-state index in [4.69, 9.17) is 45.1 Å². The minimum atomic E-state index is -0.343. The summed E-state index contributed by atoms with van der Waals surface area (Å²) in [6.45, 7) is 13.9. The summed E-state index contributed by atoms with van der Waals surface area (Å²) < 4.78 is 15.1. The van der Waals surface area contributed by atoms with E-state index >= 15 is 0 Å². The van der Waals surface area contributed by atoms with Crippen molar-refractivity contribution >= 4 is 68.9 Å². The van der Waals surface area contributed by atoms with E-state index in [-0.39, 0.29) is 12.0 Å². The molecule has 2 aromatic carbocycles. The fourth-order valence-corrected chi connectivity index (χ4v) is 8.47. The molecule has 308 valence electrons. The lowest BCUT2D eigenvalue weighted by atomic mass is 10.1. The average molecular weight is 829 g/mol. The molecule has 0 atom stereocenters. The summed E-state index contributed by atoms with van der Waals surface area (Å²) in [5.41, 5.74) is 14.2. The normalized spacial score (nSPS) is 14.6. The number of aromatic nitrogens is 8. The molecule has 0 spiro atoms. The molecule has 2 saturated heterocycles. The summed E-state index contributed by atoms with van der Waals surface area (Å²) in [6.07, 6.45) is 1.67. The number of imidazole rings is 2. The van der Waals surface area contributed by atoms with Crippen molar-refractivity contribution in [3.8, 4) is 0 Å². The Morgan fingerprint density at radius 2 is 1.16 bits per heavy atom. The molecule has 0 aliphatic carbocycles. The lowest BCUT2D eigenvalue weighted by Gasteiger charge is -2.28. The number of thioether (sulfide) groups is 2. The third-order valence-electron chi connectivity index (χ3n) is 10.3. The van der Waals surface area contributed by atoms with Crippen molar-refractivity contribution in [3.05, 3.63) is 80.4 Å². The van der Waals surface area contributed by atoms with Crippen molar-refractivity contribution in [1.82, 2.24) is 39.0 Å². The van der Waals surface area contributed by atoms with Crippen molar-refractivity contribution < 1.29 is 15.8 Å². The zero-order chi connectivity index (χ0) is 40.9. The standard InChI is InChI=1S/C20H24N6O3S.C20H26N6OS.H2/c1-4-16-21-17-18(24(16)3)22-20(23-19(17)25-7-9-29-10-8-25)30-12-14-6-5-13(2)15(11-14)26(27)28;1-4-16-22-17-18(25(16)3)23-20(24-19(17)26-7-9-27-10-8-26)28-12-14-6-5-13(2)15(21)11-14;/h5-6,11H,4,7-10,12H2,1-3H3;5-6,11H,4,7-10,12,21H2,1-3H3;1H. The maximum atomic E-state index is 11.2. The van der Waals surface area contributed by atoms with Crippen LogP contribution in [0.25, 0.3) is 22.3 Å². The summed E-state index contributed by atoms with van der Waals surface area (Å²) in [5, 5.41) is 12.6. The number of ether oxygens (including phenoxy) is 2. The molecule has 0 bridgehead atoms. The van der Waals surface area contributed by atoms with Gasteiger partial charge >= 0.3 is 0 Å². The highest BCUT2D eigenvalue weighted by Gasteiger charge is 2.24. The number of nitrogens with zero attached hydrogens (tertiary/aromatic N) is 11. The fraction of sp³-hybridized carbons (Fsp3) is 0.450. The van der Waals surface area contributed by atoms with Crippen LogP contribution >= 0.6 is 23.5 Å². The molecule has 4 aromatic heterocycles. The van der Waals surface area contributed by atoms with Crippen molar-refractivity contribution in [3.63, 3.8) is 0 Å². The third kappa shape index (κ3) is 8.99. The van der Waals surface area contributed by atoms with E-state index in [0.717, 1.165) is 112 Å². The van der Waals surface area contributed by atoms with Gasteiger partial charge in [0.1, 0.15) is 11.6 Å². The second kappa shape index (κ2) is 18.3. The maximum Gasteiger partial charge on any atom is 0.272 e. The van der Waals surface area contributed by atoms with Gasteiger partial charge in [-0.15, -0.1) is 0 Å². The number of rotatable bonds is 11. The Bertz CT molecular complexity index is 2430. The number of aryl methyl sites for hydroxylation is 6. The molecule has 0 unspecified atom stereocenters. The lowest BCUT2D eigenvalue weighted by molar-refractivity contribution is -0.385. The summed E-state index contributed by atoms with van der Waals surface area (Å²) in [5.74, 6) is 5.05. The smallest absolute Gasteiger partial charge is 0.272 e. The average Bonchev–Trinajstić information content (AvgIpc) is 3.75. The van der Waals surface area contributed by atoms with Crippen LogP contribution in [0.1, 0.15) is 49.2 Å². The van der Waals surface area contributed by atoms with Crippen LogP contribution in [0, 0.1) is 24.0 Å². The Balaban J connectivity index is 0.000000195. The molecule has 2 fully saturated rings. The van der Waals surface area contributed by atoms with E-state index in [0.29, 0.717) is 42.9 Å². The Morgan fingerprint density at radius 1 is 0.707 bits per heavy atom. The molecule has 0 radical (unpaired) electrons. The Morgan fingerprint density at radius 3 is 1.59 bits per heavy atom. The molecule has 58 heavy (non-hydrogen) atoms. The number of nitrogens with two attached hydrogens (primary N) is 1. The minimum absolute atomic E-state index is 0. The Kier molecular flexibility index (Phi) is 13.0. The molecule has 2 aliphatic rings. The first-order valence-electron chi connectivity index (χ1n) is 19.5. The molecule has 2 aliphatic heterocycles. The molecule has 0 saturated carbocycles. The van der Waals surface area contributed by atoms with Gasteiger partial charge in [0.05, 0.1) is 31.4 Å². The van der Waals surface area contributed by atoms with Crippen molar-refractivity contribution in [2.45, 2.75) is 62.4 Å². The van der Waals surface area contributed by atoms with Crippen LogP contribution in [0.15, 0.2) is 46.7 Å². The Labute approximate surface area is 347 Å². The zero-order valence-electron chi connectivity index (χ0n) is 33.9. The number of nitro benzene ring substituents is 1. The highest BCUT2D eigenvalue weighted by molar-refractivity contribution is 7.98. The molecule has 8 rings (SSSR count). The monoisotopic (exact) mass is 828 g/mol. The zero-order valence-corrected chi connectivity index (χ0v) is 35.5. The summed E-state index contributed by atoms with van der Waals surface area (Å²) in [4.78, 5) is 44.2. The molecule has 6 aromatic rings. The molecule has 6 heterocycles. The predicted molar refractivity (Wildman–Crippen MR) is 232 cm³/mol. The molecule has 16 nitrogen and oxygen atoms in total. The molecular weight excluding hydrogens is 777 g/mol. The van der Waals surface area contributed by atoms with Gasteiger partial charge < -0.3 is 34.1 Å². The largest absolute Gasteiger partial charge is 0.399 e. The predicted octanol–water partition coefficient (Wildman–Crippen LogP) is 6.46. The summed E-state index contributed by atoms with van der Waals surface area (Å²) in [7, 11) is 4.00. The number of hydrogen-bond donors (Lipinski definition) is 1. The van der Waals surface area contributed by atoms with E-state index in [1.54, 1.807) is 30.8 Å². The van der Waals surface area contributed by atoms with Gasteiger partial charge in [0, 0.05) is 83.4 Å². The second-order valence-corrected chi connectivity index (χ2v) is 16.1. The van der Waals surface area contributed by atoms with Crippen LogP contribution < -0.4 is 15.5 Å². The molecule has 0 amide bonds. The van der Waals surface area contributed by atoms with Crippen molar-refractivity contribution in [1.29, 1.82) is 0 Å². The van der Waals surface area contributed by atoms with E-state index in [9.17, 15) is 10.1 Å². The van der Waals surface area contributed by atoms with Gasteiger partial charge in [-0.25, -0.2) is 29.9 Å². The first kappa shape index (κ1) is 41.1. The highest BCUT2D eigenvalue weighted by Crippen LogP contribution is 2.32. The van der Waals surface area contributed by atoms with Gasteiger partial charge in [0.25, 0.3) is 5.69 Å². The first-order valence-corrected chi connectivity index (χ1v) is 21.5. The van der Waals surface area contributed by atoms with Gasteiger partial charge in [-0.3, -0.25) is 10.1 Å². The first-order chi connectivity index (χ1) is 28.0. The highest BCUT2D eigenvalue weighted by atomic mass is 32.2. The SMILES string of the molecule is CCc1nc2c(N3CCOCC3)nc(SCc3ccc(C)c(N)c3)nc2n1C.CCc1nc2c(N3CCOCC3)nc(SCc3ccc(C)c([N+](=O)[O-])c3)nc2n1C.[HH]. The minimum Gasteiger partial charge on any atom is -0.399 e. The van der Waals surface area contributed by atoms with E-state index in [2.05, 4.69) is 40.3 Å². The quantitative estimate of drug-likeness (QED) is 0.0494. The summed E-state index contributed by atoms with van der Waals surface area (Å²) >= 11 is 3.10.